The molecular formula is C21H19ClN4O2. The lowest BCUT2D eigenvalue weighted by atomic mass is 10.0. The Hall–Kier alpha value is -3.12. The fourth-order valence-electron chi connectivity index (χ4n) is 3.28. The van der Waals surface area contributed by atoms with Crippen molar-refractivity contribution in [1.29, 1.82) is 0 Å². The van der Waals surface area contributed by atoms with E-state index in [1.165, 1.54) is 11.8 Å². The van der Waals surface area contributed by atoms with E-state index in [0.29, 0.717) is 28.8 Å². The maximum Gasteiger partial charge on any atom is 0.278 e. The SMILES string of the molecule is COc1ccc(Nc2cnc(C(=O)N3CCCc4ccccc43)cn2)cc1Cl. The van der Waals surface area contributed by atoms with E-state index in [4.69, 9.17) is 16.3 Å². The first kappa shape index (κ1) is 18.3. The molecule has 1 aromatic heterocycles. The van der Waals surface area contributed by atoms with Crippen molar-refractivity contribution in [3.63, 3.8) is 0 Å². The number of halogens is 1. The lowest BCUT2D eigenvalue weighted by Gasteiger charge is -2.29. The summed E-state index contributed by atoms with van der Waals surface area (Å²) in [6, 6.07) is 13.3. The van der Waals surface area contributed by atoms with Crippen LogP contribution in [0.4, 0.5) is 17.2 Å². The van der Waals surface area contributed by atoms with Crippen LogP contribution in [0.3, 0.4) is 0 Å². The summed E-state index contributed by atoms with van der Waals surface area (Å²) in [4.78, 5) is 23.3. The number of aryl methyl sites for hydroxylation is 1. The molecule has 7 heteroatoms. The summed E-state index contributed by atoms with van der Waals surface area (Å²) in [5.41, 5.74) is 3.21. The van der Waals surface area contributed by atoms with E-state index in [1.807, 2.05) is 24.3 Å². The average molecular weight is 395 g/mol. The first-order valence-electron chi connectivity index (χ1n) is 8.98. The molecule has 0 fully saturated rings. The molecule has 1 N–H and O–H groups in total. The Morgan fingerprint density at radius 2 is 2.04 bits per heavy atom. The van der Waals surface area contributed by atoms with Gasteiger partial charge in [-0.3, -0.25) is 4.79 Å². The van der Waals surface area contributed by atoms with Crippen molar-refractivity contribution >= 4 is 34.7 Å². The maximum atomic E-state index is 12.9. The normalized spacial score (nSPS) is 13.0. The van der Waals surface area contributed by atoms with E-state index in [9.17, 15) is 4.79 Å². The van der Waals surface area contributed by atoms with Crippen LogP contribution in [0.1, 0.15) is 22.5 Å². The summed E-state index contributed by atoms with van der Waals surface area (Å²) < 4.78 is 5.15. The van der Waals surface area contributed by atoms with Crippen molar-refractivity contribution < 1.29 is 9.53 Å². The van der Waals surface area contributed by atoms with E-state index in [2.05, 4.69) is 21.4 Å². The fourth-order valence-corrected chi connectivity index (χ4v) is 3.54. The van der Waals surface area contributed by atoms with E-state index in [1.54, 1.807) is 30.3 Å². The number of anilines is 3. The molecule has 142 valence electrons. The number of carbonyl (C=O) groups excluding carboxylic acids is 1. The van der Waals surface area contributed by atoms with Gasteiger partial charge in [-0.2, -0.15) is 0 Å². The third-order valence-electron chi connectivity index (χ3n) is 4.65. The van der Waals surface area contributed by atoms with Crippen molar-refractivity contribution in [3.8, 4) is 5.75 Å². The zero-order chi connectivity index (χ0) is 19.5. The number of nitrogens with one attached hydrogen (secondary N) is 1. The molecule has 1 aliphatic heterocycles. The third kappa shape index (κ3) is 3.64. The molecule has 28 heavy (non-hydrogen) atoms. The number of rotatable bonds is 4. The molecule has 2 heterocycles. The molecule has 2 aromatic carbocycles. The predicted octanol–water partition coefficient (Wildman–Crippen LogP) is 4.48. The highest BCUT2D eigenvalue weighted by Crippen LogP contribution is 2.29. The molecule has 0 spiro atoms. The van der Waals surface area contributed by atoms with Gasteiger partial charge in [0.15, 0.2) is 0 Å². The van der Waals surface area contributed by atoms with Crippen molar-refractivity contribution in [2.75, 3.05) is 23.9 Å². The van der Waals surface area contributed by atoms with Crippen LogP contribution in [0.2, 0.25) is 5.02 Å². The Bertz CT molecular complexity index is 1010. The first-order chi connectivity index (χ1) is 13.7. The highest BCUT2D eigenvalue weighted by Gasteiger charge is 2.24. The smallest absolute Gasteiger partial charge is 0.278 e. The number of ether oxygens (including phenoxy) is 1. The number of fused-ring (bicyclic) bond motifs is 1. The van der Waals surface area contributed by atoms with Crippen LogP contribution in [-0.4, -0.2) is 29.5 Å². The van der Waals surface area contributed by atoms with Crippen LogP contribution < -0.4 is 15.0 Å². The molecule has 0 saturated carbocycles. The van der Waals surface area contributed by atoms with Crippen molar-refractivity contribution in [2.45, 2.75) is 12.8 Å². The Labute approximate surface area is 168 Å². The molecule has 1 amide bonds. The van der Waals surface area contributed by atoms with Crippen LogP contribution in [0.5, 0.6) is 5.75 Å². The molecule has 0 aliphatic carbocycles. The van der Waals surface area contributed by atoms with E-state index < -0.39 is 0 Å². The summed E-state index contributed by atoms with van der Waals surface area (Å²) in [6.07, 6.45) is 4.96. The molecule has 0 radical (unpaired) electrons. The minimum Gasteiger partial charge on any atom is -0.495 e. The molecule has 1 aliphatic rings. The minimum absolute atomic E-state index is 0.140. The molecule has 0 bridgehead atoms. The number of hydrogen-bond acceptors (Lipinski definition) is 5. The number of carbonyl (C=O) groups is 1. The van der Waals surface area contributed by atoms with E-state index in [0.717, 1.165) is 24.2 Å². The van der Waals surface area contributed by atoms with Crippen LogP contribution in [0.15, 0.2) is 54.9 Å². The molecule has 6 nitrogen and oxygen atoms in total. The second-order valence-electron chi connectivity index (χ2n) is 6.45. The van der Waals surface area contributed by atoms with Crippen molar-refractivity contribution in [1.82, 2.24) is 9.97 Å². The Balaban J connectivity index is 1.51. The summed E-state index contributed by atoms with van der Waals surface area (Å²) >= 11 is 6.14. The second kappa shape index (κ2) is 7.86. The topological polar surface area (TPSA) is 67.3 Å². The summed E-state index contributed by atoms with van der Waals surface area (Å²) in [5, 5.41) is 3.62. The highest BCUT2D eigenvalue weighted by molar-refractivity contribution is 6.32. The quantitative estimate of drug-likeness (QED) is 0.706. The minimum atomic E-state index is -0.140. The van der Waals surface area contributed by atoms with Crippen LogP contribution in [0, 0.1) is 0 Å². The third-order valence-corrected chi connectivity index (χ3v) is 4.95. The van der Waals surface area contributed by atoms with Gasteiger partial charge in [-0.15, -0.1) is 0 Å². The Morgan fingerprint density at radius 1 is 1.18 bits per heavy atom. The number of benzene rings is 2. The molecule has 4 rings (SSSR count). The number of nitrogens with zero attached hydrogens (tertiary/aromatic N) is 3. The lowest BCUT2D eigenvalue weighted by Crippen LogP contribution is -2.36. The van der Waals surface area contributed by atoms with Crippen molar-refractivity contribution in [3.05, 3.63) is 71.1 Å². The molecule has 0 saturated heterocycles. The number of aromatic nitrogens is 2. The zero-order valence-corrected chi connectivity index (χ0v) is 16.1. The standard InChI is InChI=1S/C21H19ClN4O2/c1-28-19-9-8-15(11-16(19)22)25-20-13-23-17(12-24-20)21(27)26-10-4-6-14-5-2-3-7-18(14)26/h2-3,5,7-9,11-13H,4,6,10H2,1H3,(H,24,25). The van der Waals surface area contributed by atoms with Gasteiger partial charge in [0.2, 0.25) is 0 Å². The summed E-state index contributed by atoms with van der Waals surface area (Å²) in [5.74, 6) is 0.983. The molecule has 3 aromatic rings. The van der Waals surface area contributed by atoms with E-state index >= 15 is 0 Å². The fraction of sp³-hybridized carbons (Fsp3) is 0.190. The van der Waals surface area contributed by atoms with Gasteiger partial charge >= 0.3 is 0 Å². The maximum absolute atomic E-state index is 12.9. The monoisotopic (exact) mass is 394 g/mol. The first-order valence-corrected chi connectivity index (χ1v) is 9.36. The van der Waals surface area contributed by atoms with Gasteiger partial charge in [0, 0.05) is 17.9 Å². The van der Waals surface area contributed by atoms with Crippen molar-refractivity contribution in [2.24, 2.45) is 0 Å². The summed E-state index contributed by atoms with van der Waals surface area (Å²) in [6.45, 7) is 0.682. The highest BCUT2D eigenvalue weighted by atomic mass is 35.5. The average Bonchev–Trinajstić information content (AvgIpc) is 2.73. The van der Waals surface area contributed by atoms with Gasteiger partial charge in [0.25, 0.3) is 5.91 Å². The molecule has 0 unspecified atom stereocenters. The van der Waals surface area contributed by atoms with Crippen LogP contribution >= 0.6 is 11.6 Å². The predicted molar refractivity (Wildman–Crippen MR) is 110 cm³/mol. The number of para-hydroxylation sites is 1. The van der Waals surface area contributed by atoms with Gasteiger partial charge in [-0.05, 0) is 42.7 Å². The Kier molecular flexibility index (Phi) is 5.12. The summed E-state index contributed by atoms with van der Waals surface area (Å²) in [7, 11) is 1.57. The van der Waals surface area contributed by atoms with Gasteiger partial charge < -0.3 is 15.0 Å². The van der Waals surface area contributed by atoms with Crippen LogP contribution in [-0.2, 0) is 6.42 Å². The molecular weight excluding hydrogens is 376 g/mol. The largest absolute Gasteiger partial charge is 0.495 e. The number of hydrogen-bond donors (Lipinski definition) is 1. The van der Waals surface area contributed by atoms with Gasteiger partial charge in [-0.1, -0.05) is 29.8 Å². The molecule has 0 atom stereocenters. The van der Waals surface area contributed by atoms with Gasteiger partial charge in [-0.25, -0.2) is 9.97 Å². The zero-order valence-electron chi connectivity index (χ0n) is 15.4. The van der Waals surface area contributed by atoms with Crippen LogP contribution in [0.25, 0.3) is 0 Å². The lowest BCUT2D eigenvalue weighted by molar-refractivity contribution is 0.0980. The van der Waals surface area contributed by atoms with Gasteiger partial charge in [0.1, 0.15) is 17.3 Å². The number of methoxy groups -OCH3 is 1. The van der Waals surface area contributed by atoms with Gasteiger partial charge in [0.05, 0.1) is 24.5 Å². The second-order valence-corrected chi connectivity index (χ2v) is 6.86. The Morgan fingerprint density at radius 3 is 2.79 bits per heavy atom. The number of amides is 1. The van der Waals surface area contributed by atoms with E-state index in [-0.39, 0.29) is 5.91 Å².